The summed E-state index contributed by atoms with van der Waals surface area (Å²) in [5.74, 6) is 0. The molecule has 0 unspecified atom stereocenters. The Bertz CT molecular complexity index is 889. The number of methoxy groups -OCH3 is 1. The summed E-state index contributed by atoms with van der Waals surface area (Å²) in [6.45, 7) is 5.23. The van der Waals surface area contributed by atoms with E-state index in [1.807, 2.05) is 6.07 Å². The van der Waals surface area contributed by atoms with Gasteiger partial charge in [0.15, 0.2) is 0 Å². The van der Waals surface area contributed by atoms with Crippen molar-refractivity contribution in [1.29, 1.82) is 5.26 Å². The van der Waals surface area contributed by atoms with Gasteiger partial charge in [-0.3, -0.25) is 10.0 Å². The van der Waals surface area contributed by atoms with Gasteiger partial charge in [0.25, 0.3) is 5.56 Å². The van der Waals surface area contributed by atoms with Crippen molar-refractivity contribution in [3.63, 3.8) is 0 Å². The average molecular weight is 329 g/mol. The molecule has 0 aromatic carbocycles. The van der Waals surface area contributed by atoms with Crippen LogP contribution in [0.1, 0.15) is 31.0 Å². The first-order valence-electron chi connectivity index (χ1n) is 7.90. The number of aryl methyl sites for hydroxylation is 1. The Morgan fingerprint density at radius 3 is 2.71 bits per heavy atom. The second-order valence-corrected chi connectivity index (χ2v) is 6.52. The summed E-state index contributed by atoms with van der Waals surface area (Å²) in [6.07, 6.45) is 3.09. The molecule has 126 valence electrons. The minimum atomic E-state index is -0.441. The molecule has 0 amide bonds. The van der Waals surface area contributed by atoms with Crippen LogP contribution >= 0.6 is 0 Å². The van der Waals surface area contributed by atoms with Crippen LogP contribution in [0.4, 0.5) is 5.69 Å². The number of nitrogens with zero attached hydrogens (tertiary/aromatic N) is 3. The zero-order valence-electron chi connectivity index (χ0n) is 14.1. The average Bonchev–Trinajstić information content (AvgIpc) is 2.56. The van der Waals surface area contributed by atoms with Gasteiger partial charge in [0.05, 0.1) is 11.3 Å². The molecule has 2 aromatic heterocycles. The summed E-state index contributed by atoms with van der Waals surface area (Å²) in [4.78, 5) is 17.0. The van der Waals surface area contributed by atoms with Crippen LogP contribution in [-0.2, 0) is 4.74 Å². The summed E-state index contributed by atoms with van der Waals surface area (Å²) in [6, 6.07) is 3.82. The van der Waals surface area contributed by atoms with E-state index in [1.54, 1.807) is 20.1 Å². The van der Waals surface area contributed by atoms with Crippen molar-refractivity contribution in [3.8, 4) is 6.07 Å². The smallest absolute Gasteiger partial charge is 0.268 e. The number of aromatic amines is 1. The quantitative estimate of drug-likeness (QED) is 0.639. The van der Waals surface area contributed by atoms with E-state index in [4.69, 9.17) is 4.74 Å². The molecule has 3 heterocycles. The number of nitriles is 1. The lowest BCUT2D eigenvalue weighted by Crippen LogP contribution is -2.44. The van der Waals surface area contributed by atoms with Crippen LogP contribution < -0.4 is 15.2 Å². The van der Waals surface area contributed by atoms with Gasteiger partial charge in [-0.1, -0.05) is 0 Å². The zero-order chi connectivity index (χ0) is 17.5. The van der Waals surface area contributed by atoms with Gasteiger partial charge in [0, 0.05) is 43.3 Å². The number of piperidine rings is 1. The van der Waals surface area contributed by atoms with Crippen LogP contribution in [0, 0.1) is 18.3 Å². The Kier molecular flexibility index (Phi) is 3.93. The maximum atomic E-state index is 12.3. The maximum absolute atomic E-state index is 12.3. The van der Waals surface area contributed by atoms with Crippen molar-refractivity contribution >= 4 is 16.6 Å². The fraction of sp³-hybridized carbons (Fsp3) is 0.471. The van der Waals surface area contributed by atoms with Gasteiger partial charge >= 0.3 is 0 Å². The lowest BCUT2D eigenvalue weighted by atomic mass is 9.92. The number of aromatic nitrogens is 2. The van der Waals surface area contributed by atoms with Crippen molar-refractivity contribution in [3.05, 3.63) is 33.9 Å². The minimum absolute atomic E-state index is 0.110. The highest BCUT2D eigenvalue weighted by Gasteiger charge is 2.32. The van der Waals surface area contributed by atoms with Gasteiger partial charge in [0.2, 0.25) is 11.9 Å². The first kappa shape index (κ1) is 16.3. The van der Waals surface area contributed by atoms with Crippen LogP contribution in [-0.4, -0.2) is 36.0 Å². The Morgan fingerprint density at radius 2 is 2.12 bits per heavy atom. The first-order chi connectivity index (χ1) is 11.4. The van der Waals surface area contributed by atoms with Crippen LogP contribution in [0.25, 0.3) is 10.9 Å². The Morgan fingerprint density at radius 1 is 1.46 bits per heavy atom. The molecule has 24 heavy (non-hydrogen) atoms. The predicted molar refractivity (Wildman–Crippen MR) is 88.3 cm³/mol. The van der Waals surface area contributed by atoms with Gasteiger partial charge in [0.1, 0.15) is 17.1 Å². The third-order valence-electron chi connectivity index (χ3n) is 4.97. The minimum Gasteiger partial charge on any atom is -0.378 e. The molecule has 7 heteroatoms. The highest BCUT2D eigenvalue weighted by molar-refractivity contribution is 5.93. The number of fused-ring (bicyclic) bond motifs is 1. The fourth-order valence-electron chi connectivity index (χ4n) is 3.21. The third kappa shape index (κ3) is 2.59. The molecule has 1 aliphatic rings. The molecule has 2 N–H and O–H groups in total. The molecule has 2 aromatic rings. The number of hydrogen-bond acceptors (Lipinski definition) is 5. The largest absolute Gasteiger partial charge is 0.378 e. The number of H-pyrrole nitrogens is 1. The van der Waals surface area contributed by atoms with Crippen LogP contribution in [0.15, 0.2) is 17.1 Å². The lowest BCUT2D eigenvalue weighted by Gasteiger charge is -2.39. The SMILES string of the molecule is COC1(C)CCN(c2c(C#N)c(=O)[nH]c3c[n+](O)c(C)cc23)CC1. The highest BCUT2D eigenvalue weighted by Crippen LogP contribution is 2.33. The molecule has 0 spiro atoms. The van der Waals surface area contributed by atoms with Crippen molar-refractivity contribution in [2.45, 2.75) is 32.3 Å². The Balaban J connectivity index is 2.17. The molecular weight excluding hydrogens is 308 g/mol. The van der Waals surface area contributed by atoms with Crippen molar-refractivity contribution < 1.29 is 14.7 Å². The molecule has 0 bridgehead atoms. The monoisotopic (exact) mass is 329 g/mol. The topological polar surface area (TPSA) is 93.2 Å². The van der Waals surface area contributed by atoms with E-state index in [0.29, 0.717) is 30.0 Å². The molecule has 0 atom stereocenters. The number of ether oxygens (including phenoxy) is 1. The predicted octanol–water partition coefficient (Wildman–Crippen LogP) is 1.24. The Labute approximate surface area is 139 Å². The fourth-order valence-corrected chi connectivity index (χ4v) is 3.21. The van der Waals surface area contributed by atoms with E-state index >= 15 is 0 Å². The van der Waals surface area contributed by atoms with E-state index in [1.165, 1.54) is 6.20 Å². The third-order valence-corrected chi connectivity index (χ3v) is 4.97. The summed E-state index contributed by atoms with van der Waals surface area (Å²) in [7, 11) is 1.71. The normalized spacial score (nSPS) is 17.0. The standard InChI is InChI=1S/C17H20N4O3/c1-11-8-12-14(10-21(11)23)19-16(22)13(9-18)15(12)20-6-4-17(2,24-3)5-7-20/h8,10H,4-7H2,1-3H3,(H-,19,22,23)/p+1. The number of nitrogens with one attached hydrogen (secondary N) is 1. The summed E-state index contributed by atoms with van der Waals surface area (Å²) in [5, 5.41) is 20.1. The van der Waals surface area contributed by atoms with Crippen molar-refractivity contribution in [2.75, 3.05) is 25.1 Å². The maximum Gasteiger partial charge on any atom is 0.268 e. The molecule has 0 saturated carbocycles. The lowest BCUT2D eigenvalue weighted by molar-refractivity contribution is -0.908. The Hall–Kier alpha value is -2.59. The second kappa shape index (κ2) is 5.80. The molecular formula is C17H21N4O3+. The number of rotatable bonds is 2. The van der Waals surface area contributed by atoms with Crippen molar-refractivity contribution in [2.24, 2.45) is 0 Å². The van der Waals surface area contributed by atoms with E-state index in [2.05, 4.69) is 16.8 Å². The molecule has 1 aliphatic heterocycles. The first-order valence-corrected chi connectivity index (χ1v) is 7.90. The molecule has 1 saturated heterocycles. The van der Waals surface area contributed by atoms with Gasteiger partial charge in [-0.05, 0) is 19.8 Å². The molecule has 3 rings (SSSR count). The van der Waals surface area contributed by atoms with E-state index < -0.39 is 5.56 Å². The van der Waals surface area contributed by atoms with Crippen LogP contribution in [0.2, 0.25) is 0 Å². The van der Waals surface area contributed by atoms with Gasteiger partial charge in [-0.15, -0.1) is 0 Å². The zero-order valence-corrected chi connectivity index (χ0v) is 14.1. The molecule has 1 fully saturated rings. The van der Waals surface area contributed by atoms with Gasteiger partial charge in [-0.25, -0.2) is 0 Å². The van der Waals surface area contributed by atoms with E-state index in [9.17, 15) is 15.3 Å². The molecule has 7 nitrogen and oxygen atoms in total. The van der Waals surface area contributed by atoms with Crippen LogP contribution in [0.3, 0.4) is 0 Å². The van der Waals surface area contributed by atoms with E-state index in [-0.39, 0.29) is 11.2 Å². The van der Waals surface area contributed by atoms with Gasteiger partial charge < -0.3 is 14.6 Å². The summed E-state index contributed by atoms with van der Waals surface area (Å²) >= 11 is 0. The molecule has 0 radical (unpaired) electrons. The van der Waals surface area contributed by atoms with E-state index in [0.717, 1.165) is 23.0 Å². The number of hydrogen-bond donors (Lipinski definition) is 2. The summed E-state index contributed by atoms with van der Waals surface area (Å²) < 4.78 is 6.53. The number of pyridine rings is 2. The summed E-state index contributed by atoms with van der Waals surface area (Å²) in [5.41, 5.74) is 1.26. The highest BCUT2D eigenvalue weighted by atomic mass is 16.5. The number of anilines is 1. The van der Waals surface area contributed by atoms with Crippen LogP contribution in [0.5, 0.6) is 0 Å². The van der Waals surface area contributed by atoms with Gasteiger partial charge in [-0.2, -0.15) is 5.26 Å². The second-order valence-electron chi connectivity index (χ2n) is 6.52. The molecule has 0 aliphatic carbocycles. The van der Waals surface area contributed by atoms with Crippen molar-refractivity contribution in [1.82, 2.24) is 4.98 Å².